The summed E-state index contributed by atoms with van der Waals surface area (Å²) in [5, 5.41) is 8.84. The highest BCUT2D eigenvalue weighted by Crippen LogP contribution is 2.29. The predicted octanol–water partition coefficient (Wildman–Crippen LogP) is 2.53. The Kier molecular flexibility index (Phi) is 5.03. The number of benzene rings is 1. The first-order valence-corrected chi connectivity index (χ1v) is 7.58. The molecule has 1 aromatic heterocycles. The van der Waals surface area contributed by atoms with Gasteiger partial charge in [-0.3, -0.25) is 0 Å². The normalized spacial score (nSPS) is 12.4. The smallest absolute Gasteiger partial charge is 0.191 e. The van der Waals surface area contributed by atoms with Crippen LogP contribution in [0, 0.1) is 0 Å². The highest BCUT2D eigenvalue weighted by atomic mass is 32.2. The topological polar surface area (TPSA) is 66.0 Å². The summed E-state index contributed by atoms with van der Waals surface area (Å²) in [7, 11) is 1.93. The van der Waals surface area contributed by atoms with Crippen LogP contribution in [-0.2, 0) is 12.8 Å². The molecule has 2 rings (SSSR count). The Morgan fingerprint density at radius 3 is 2.85 bits per heavy atom. The van der Waals surface area contributed by atoms with Crippen LogP contribution in [0.3, 0.4) is 0 Å². The zero-order valence-corrected chi connectivity index (χ0v) is 12.9. The van der Waals surface area contributed by atoms with Crippen molar-refractivity contribution in [2.24, 2.45) is 12.8 Å². The molecule has 1 unspecified atom stereocenters. The van der Waals surface area contributed by atoms with Crippen molar-refractivity contribution in [1.29, 1.82) is 0 Å². The molecule has 6 heteroatoms. The number of aromatic nitrogens is 3. The zero-order valence-electron chi connectivity index (χ0n) is 12.0. The van der Waals surface area contributed by atoms with Crippen LogP contribution >= 0.6 is 11.8 Å². The van der Waals surface area contributed by atoms with Crippen LogP contribution in [0.1, 0.15) is 31.0 Å². The third-order valence-corrected chi connectivity index (χ3v) is 4.02. The molecule has 0 aliphatic rings. The lowest BCUT2D eigenvalue weighted by Gasteiger charge is -2.13. The van der Waals surface area contributed by atoms with E-state index in [1.165, 1.54) is 0 Å². The van der Waals surface area contributed by atoms with Gasteiger partial charge in [-0.15, -0.1) is 10.2 Å². The Labute approximate surface area is 123 Å². The average molecular weight is 292 g/mol. The van der Waals surface area contributed by atoms with E-state index in [0.717, 1.165) is 27.8 Å². The number of aryl methyl sites for hydroxylation is 1. The minimum absolute atomic E-state index is 0.0178. The van der Waals surface area contributed by atoms with Crippen molar-refractivity contribution >= 4 is 11.8 Å². The number of rotatable bonds is 6. The molecule has 0 bridgehead atoms. The molecule has 1 aromatic carbocycles. The lowest BCUT2D eigenvalue weighted by atomic mass is 10.1. The zero-order chi connectivity index (χ0) is 14.5. The molecule has 20 heavy (non-hydrogen) atoms. The van der Waals surface area contributed by atoms with E-state index in [4.69, 9.17) is 10.5 Å². The van der Waals surface area contributed by atoms with E-state index < -0.39 is 0 Å². The molecule has 0 fully saturated rings. The summed E-state index contributed by atoms with van der Waals surface area (Å²) >= 11 is 1.64. The van der Waals surface area contributed by atoms with E-state index in [1.54, 1.807) is 18.1 Å². The van der Waals surface area contributed by atoms with Gasteiger partial charge in [0.1, 0.15) is 12.1 Å². The molecule has 1 heterocycles. The fourth-order valence-electron chi connectivity index (χ4n) is 1.84. The van der Waals surface area contributed by atoms with E-state index in [2.05, 4.69) is 16.3 Å². The monoisotopic (exact) mass is 292 g/mol. The Morgan fingerprint density at radius 1 is 1.45 bits per heavy atom. The molecule has 2 aromatic rings. The fourth-order valence-corrected chi connectivity index (χ4v) is 2.70. The summed E-state index contributed by atoms with van der Waals surface area (Å²) in [6, 6.07) is 6.14. The minimum Gasteiger partial charge on any atom is -0.494 e. The van der Waals surface area contributed by atoms with E-state index >= 15 is 0 Å². The highest BCUT2D eigenvalue weighted by molar-refractivity contribution is 7.98. The van der Waals surface area contributed by atoms with Gasteiger partial charge in [0.25, 0.3) is 0 Å². The summed E-state index contributed by atoms with van der Waals surface area (Å²) in [6.45, 7) is 4.62. The molecule has 2 N–H and O–H groups in total. The Bertz CT molecular complexity index is 568. The predicted molar refractivity (Wildman–Crippen MR) is 80.8 cm³/mol. The van der Waals surface area contributed by atoms with Crippen LogP contribution in [-0.4, -0.2) is 21.4 Å². The maximum atomic E-state index is 5.95. The van der Waals surface area contributed by atoms with Gasteiger partial charge in [-0.25, -0.2) is 0 Å². The van der Waals surface area contributed by atoms with Gasteiger partial charge >= 0.3 is 0 Å². The lowest BCUT2D eigenvalue weighted by Crippen LogP contribution is -2.06. The Balaban J connectivity index is 2.18. The third-order valence-electron chi connectivity index (χ3n) is 2.94. The summed E-state index contributed by atoms with van der Waals surface area (Å²) in [5.74, 6) is 1.69. The lowest BCUT2D eigenvalue weighted by molar-refractivity contribution is 0.337. The fraction of sp³-hybridized carbons (Fsp3) is 0.429. The van der Waals surface area contributed by atoms with Crippen molar-refractivity contribution in [3.63, 3.8) is 0 Å². The number of ether oxygens (including phenoxy) is 1. The summed E-state index contributed by atoms with van der Waals surface area (Å²) in [5.41, 5.74) is 8.19. The van der Waals surface area contributed by atoms with Crippen molar-refractivity contribution < 1.29 is 4.74 Å². The van der Waals surface area contributed by atoms with Crippen LogP contribution < -0.4 is 10.5 Å². The largest absolute Gasteiger partial charge is 0.494 e. The van der Waals surface area contributed by atoms with Crippen LogP contribution in [0.15, 0.2) is 29.7 Å². The minimum atomic E-state index is 0.0178. The summed E-state index contributed by atoms with van der Waals surface area (Å²) in [6.07, 6.45) is 1.70. The molecule has 0 aliphatic heterocycles. The van der Waals surface area contributed by atoms with Gasteiger partial charge in [0, 0.05) is 24.4 Å². The highest BCUT2D eigenvalue weighted by Gasteiger charge is 2.10. The van der Waals surface area contributed by atoms with Gasteiger partial charge in [-0.2, -0.15) is 0 Å². The molecule has 0 spiro atoms. The van der Waals surface area contributed by atoms with Gasteiger partial charge in [0.2, 0.25) is 0 Å². The maximum Gasteiger partial charge on any atom is 0.191 e. The van der Waals surface area contributed by atoms with Crippen molar-refractivity contribution in [3.05, 3.63) is 35.7 Å². The molecular weight excluding hydrogens is 272 g/mol. The second-order valence-corrected chi connectivity index (χ2v) is 5.54. The molecule has 0 radical (unpaired) electrons. The van der Waals surface area contributed by atoms with Gasteiger partial charge in [-0.05, 0) is 31.5 Å². The van der Waals surface area contributed by atoms with E-state index in [9.17, 15) is 0 Å². The van der Waals surface area contributed by atoms with Gasteiger partial charge in [-0.1, -0.05) is 17.8 Å². The molecule has 1 atom stereocenters. The summed E-state index contributed by atoms with van der Waals surface area (Å²) < 4.78 is 7.58. The SMILES string of the molecule is CCOc1ccc(C(C)N)cc1CSc1nncn1C. The van der Waals surface area contributed by atoms with E-state index in [0.29, 0.717) is 6.61 Å². The van der Waals surface area contributed by atoms with E-state index in [1.807, 2.05) is 37.6 Å². The van der Waals surface area contributed by atoms with Gasteiger partial charge < -0.3 is 15.0 Å². The van der Waals surface area contributed by atoms with Crippen LogP contribution in [0.25, 0.3) is 0 Å². The van der Waals surface area contributed by atoms with Crippen LogP contribution in [0.4, 0.5) is 0 Å². The molecular formula is C14H20N4OS. The standard InChI is InChI=1S/C14H20N4OS/c1-4-19-13-6-5-11(10(2)15)7-12(13)8-20-14-17-16-9-18(14)3/h5-7,9-10H,4,8,15H2,1-3H3. The van der Waals surface area contributed by atoms with Crippen molar-refractivity contribution in [2.75, 3.05) is 6.61 Å². The first-order valence-electron chi connectivity index (χ1n) is 6.59. The van der Waals surface area contributed by atoms with E-state index in [-0.39, 0.29) is 6.04 Å². The van der Waals surface area contributed by atoms with Crippen LogP contribution in [0.5, 0.6) is 5.75 Å². The molecule has 108 valence electrons. The van der Waals surface area contributed by atoms with Crippen molar-refractivity contribution in [3.8, 4) is 5.75 Å². The molecule has 0 amide bonds. The Morgan fingerprint density at radius 2 is 2.25 bits per heavy atom. The van der Waals surface area contributed by atoms with Crippen molar-refractivity contribution in [1.82, 2.24) is 14.8 Å². The second kappa shape index (κ2) is 6.76. The second-order valence-electron chi connectivity index (χ2n) is 4.60. The number of nitrogens with zero attached hydrogens (tertiary/aromatic N) is 3. The number of hydrogen-bond donors (Lipinski definition) is 1. The first kappa shape index (κ1) is 14.9. The first-order chi connectivity index (χ1) is 9.61. The summed E-state index contributed by atoms with van der Waals surface area (Å²) in [4.78, 5) is 0. The third kappa shape index (κ3) is 3.52. The number of thioether (sulfide) groups is 1. The quantitative estimate of drug-likeness (QED) is 0.829. The van der Waals surface area contributed by atoms with Gasteiger partial charge in [0.15, 0.2) is 5.16 Å². The molecule has 0 saturated carbocycles. The number of nitrogens with two attached hydrogens (primary N) is 1. The number of hydrogen-bond acceptors (Lipinski definition) is 5. The average Bonchev–Trinajstić information content (AvgIpc) is 2.83. The van der Waals surface area contributed by atoms with Gasteiger partial charge in [0.05, 0.1) is 6.61 Å². The molecule has 0 saturated heterocycles. The van der Waals surface area contributed by atoms with Crippen molar-refractivity contribution in [2.45, 2.75) is 30.8 Å². The molecule has 0 aliphatic carbocycles. The van der Waals surface area contributed by atoms with Crippen LogP contribution in [0.2, 0.25) is 0 Å². The maximum absolute atomic E-state index is 5.95. The Hall–Kier alpha value is -1.53. The molecule has 5 nitrogen and oxygen atoms in total.